The number of unbranched alkanes of at least 4 members (excludes halogenated alkanes) is 3. The minimum Gasteiger partial charge on any atom is -0.550 e. The van der Waals surface area contributed by atoms with Crippen LogP contribution in [0.3, 0.4) is 0 Å². The van der Waals surface area contributed by atoms with Crippen LogP contribution in [-0.2, 0) is 14.3 Å². The molecular formula is C29H47NO4. The highest BCUT2D eigenvalue weighted by atomic mass is 16.5. The Morgan fingerprint density at radius 3 is 1.62 bits per heavy atom. The average Bonchev–Trinajstić information content (AvgIpc) is 2.73. The van der Waals surface area contributed by atoms with Gasteiger partial charge in [0.25, 0.3) is 0 Å². The van der Waals surface area contributed by atoms with E-state index >= 15 is 0 Å². The highest BCUT2D eigenvalue weighted by Gasteiger charge is 2.22. The fourth-order valence-corrected chi connectivity index (χ4v) is 3.23. The molecule has 0 aromatic rings. The number of quaternary nitrogens is 1. The Labute approximate surface area is 208 Å². The minimum absolute atomic E-state index is 0.254. The lowest BCUT2D eigenvalue weighted by molar-refractivity contribution is -0.873. The molecule has 0 heterocycles. The zero-order chi connectivity index (χ0) is 25.5. The van der Waals surface area contributed by atoms with E-state index in [0.717, 1.165) is 51.4 Å². The third-order valence-corrected chi connectivity index (χ3v) is 4.80. The number of allylic oxidation sites excluding steroid dienone is 10. The summed E-state index contributed by atoms with van der Waals surface area (Å²) in [7, 11) is 5.79. The zero-order valence-electron chi connectivity index (χ0n) is 21.9. The van der Waals surface area contributed by atoms with Crippen LogP contribution < -0.4 is 5.11 Å². The van der Waals surface area contributed by atoms with Gasteiger partial charge in [0.2, 0.25) is 0 Å². The molecule has 0 aromatic carbocycles. The lowest BCUT2D eigenvalue weighted by atomic mass is 10.2. The molecule has 34 heavy (non-hydrogen) atoms. The molecule has 0 spiro atoms. The summed E-state index contributed by atoms with van der Waals surface area (Å²) in [4.78, 5) is 22.9. The number of hydrogen-bond acceptors (Lipinski definition) is 4. The molecule has 0 rings (SSSR count). The van der Waals surface area contributed by atoms with Crippen molar-refractivity contribution in [2.45, 2.75) is 83.7 Å². The van der Waals surface area contributed by atoms with Crippen LogP contribution in [0.25, 0.3) is 0 Å². The van der Waals surface area contributed by atoms with Gasteiger partial charge in [-0.15, -0.1) is 0 Å². The lowest BCUT2D eigenvalue weighted by Crippen LogP contribution is -2.45. The first-order valence-electron chi connectivity index (χ1n) is 12.7. The fourth-order valence-electron chi connectivity index (χ4n) is 3.23. The maximum Gasteiger partial charge on any atom is 0.306 e. The maximum atomic E-state index is 12.0. The third kappa shape index (κ3) is 24.2. The summed E-state index contributed by atoms with van der Waals surface area (Å²) in [6.07, 6.45) is 30.2. The Balaban J connectivity index is 3.82. The van der Waals surface area contributed by atoms with Crippen molar-refractivity contribution in [3.05, 3.63) is 60.8 Å². The second kappa shape index (κ2) is 21.2. The minimum atomic E-state index is -1.20. The van der Waals surface area contributed by atoms with Crippen molar-refractivity contribution in [2.75, 3.05) is 27.7 Å². The standard InChI is InChI=1S/C29H47NO4/c1-5-6-7-8-9-10-11-12-13-14-15-16-17-18-19-20-21-22-23-24-29(33)34-27(25-28(31)32)26-30(2,3)4/h6-7,10-11,13-14,17-18,21-22,27H,5,8-9,12,15-16,19-20,23-26H2,1-4H3/b7-6+,11-10+,14-13+,18-17+,22-21+. The van der Waals surface area contributed by atoms with Crippen LogP contribution >= 0.6 is 0 Å². The van der Waals surface area contributed by atoms with Crippen molar-refractivity contribution < 1.29 is 23.9 Å². The molecular weight excluding hydrogens is 426 g/mol. The Bertz CT molecular complexity index is 681. The van der Waals surface area contributed by atoms with Gasteiger partial charge in [-0.3, -0.25) is 4.79 Å². The fraction of sp³-hybridized carbons (Fsp3) is 0.586. The lowest BCUT2D eigenvalue weighted by Gasteiger charge is -2.29. The molecule has 5 heteroatoms. The molecule has 1 unspecified atom stereocenters. The van der Waals surface area contributed by atoms with Crippen LogP contribution in [0.4, 0.5) is 0 Å². The molecule has 0 saturated carbocycles. The number of rotatable bonds is 20. The maximum absolute atomic E-state index is 12.0. The molecule has 5 nitrogen and oxygen atoms in total. The van der Waals surface area contributed by atoms with Gasteiger partial charge in [-0.2, -0.15) is 0 Å². The summed E-state index contributed by atoms with van der Waals surface area (Å²) in [6, 6.07) is 0. The van der Waals surface area contributed by atoms with Crippen molar-refractivity contribution in [3.63, 3.8) is 0 Å². The normalized spacial score (nSPS) is 13.8. The van der Waals surface area contributed by atoms with E-state index in [9.17, 15) is 14.7 Å². The van der Waals surface area contributed by atoms with Crippen molar-refractivity contribution in [3.8, 4) is 0 Å². The van der Waals surface area contributed by atoms with Gasteiger partial charge >= 0.3 is 5.97 Å². The van der Waals surface area contributed by atoms with Crippen LogP contribution in [0.1, 0.15) is 77.6 Å². The van der Waals surface area contributed by atoms with Gasteiger partial charge < -0.3 is 19.1 Å². The van der Waals surface area contributed by atoms with Crippen molar-refractivity contribution in [1.82, 2.24) is 0 Å². The highest BCUT2D eigenvalue weighted by molar-refractivity contribution is 5.71. The van der Waals surface area contributed by atoms with Crippen molar-refractivity contribution >= 4 is 11.9 Å². The van der Waals surface area contributed by atoms with Gasteiger partial charge in [0.15, 0.2) is 6.10 Å². The molecule has 192 valence electrons. The van der Waals surface area contributed by atoms with E-state index in [4.69, 9.17) is 4.74 Å². The first kappa shape index (κ1) is 31.6. The predicted molar refractivity (Wildman–Crippen MR) is 140 cm³/mol. The summed E-state index contributed by atoms with van der Waals surface area (Å²) in [6.45, 7) is 2.59. The molecule has 0 radical (unpaired) electrons. The summed E-state index contributed by atoms with van der Waals surface area (Å²) in [5.41, 5.74) is 0. The zero-order valence-corrected chi connectivity index (χ0v) is 21.9. The molecule has 0 N–H and O–H groups in total. The molecule has 0 saturated heterocycles. The van der Waals surface area contributed by atoms with Gasteiger partial charge in [0, 0.05) is 18.8 Å². The molecule has 0 aliphatic heterocycles. The predicted octanol–water partition coefficient (Wildman–Crippen LogP) is 5.45. The number of carboxylic acid groups (broad SMARTS) is 1. The van der Waals surface area contributed by atoms with Crippen LogP contribution in [-0.4, -0.2) is 50.2 Å². The smallest absolute Gasteiger partial charge is 0.306 e. The van der Waals surface area contributed by atoms with Crippen molar-refractivity contribution in [1.29, 1.82) is 0 Å². The summed E-state index contributed by atoms with van der Waals surface area (Å²) < 4.78 is 5.86. The van der Waals surface area contributed by atoms with E-state index in [-0.39, 0.29) is 18.8 Å². The second-order valence-electron chi connectivity index (χ2n) is 9.43. The van der Waals surface area contributed by atoms with E-state index in [2.05, 4.69) is 61.6 Å². The third-order valence-electron chi connectivity index (χ3n) is 4.80. The molecule has 0 amide bonds. The Morgan fingerprint density at radius 1 is 0.735 bits per heavy atom. The number of carbonyl (C=O) groups excluding carboxylic acids is 2. The number of ether oxygens (including phenoxy) is 1. The number of likely N-dealkylation sites (N-methyl/N-ethyl adjacent to an activating group) is 1. The SMILES string of the molecule is CC/C=C/CC/C=C/C/C=C/CC/C=C/CC/C=C/CCC(=O)OC(CC(=O)[O-])C[N+](C)(C)C. The molecule has 0 bridgehead atoms. The second-order valence-corrected chi connectivity index (χ2v) is 9.43. The van der Waals surface area contributed by atoms with E-state index in [1.54, 1.807) is 0 Å². The van der Waals surface area contributed by atoms with Gasteiger partial charge in [0.1, 0.15) is 6.54 Å². The monoisotopic (exact) mass is 473 g/mol. The van der Waals surface area contributed by atoms with E-state index in [0.29, 0.717) is 17.4 Å². The first-order valence-corrected chi connectivity index (χ1v) is 12.7. The molecule has 1 atom stereocenters. The van der Waals surface area contributed by atoms with Crippen molar-refractivity contribution in [2.24, 2.45) is 0 Å². The average molecular weight is 474 g/mol. The largest absolute Gasteiger partial charge is 0.550 e. The number of hydrogen-bond donors (Lipinski definition) is 0. The van der Waals surface area contributed by atoms with Crippen LogP contribution in [0.2, 0.25) is 0 Å². The first-order chi connectivity index (χ1) is 16.2. The van der Waals surface area contributed by atoms with Crippen LogP contribution in [0.15, 0.2) is 60.8 Å². The van der Waals surface area contributed by atoms with E-state index < -0.39 is 12.1 Å². The molecule has 0 fully saturated rings. The number of esters is 1. The Morgan fingerprint density at radius 2 is 1.18 bits per heavy atom. The number of carbonyl (C=O) groups is 2. The molecule has 0 aliphatic rings. The molecule has 0 aliphatic carbocycles. The van der Waals surface area contributed by atoms with Gasteiger partial charge in [-0.05, 0) is 57.8 Å². The highest BCUT2D eigenvalue weighted by Crippen LogP contribution is 2.07. The van der Waals surface area contributed by atoms with E-state index in [1.807, 2.05) is 27.2 Å². The Hall–Kier alpha value is -2.40. The number of aliphatic carboxylic acids is 1. The summed E-state index contributed by atoms with van der Waals surface area (Å²) in [5.74, 6) is -1.56. The Kier molecular flexibility index (Phi) is 19.7. The number of nitrogens with zero attached hydrogens (tertiary/aromatic N) is 1. The van der Waals surface area contributed by atoms with Gasteiger partial charge in [-0.25, -0.2) is 0 Å². The topological polar surface area (TPSA) is 66.4 Å². The number of carboxylic acids is 1. The van der Waals surface area contributed by atoms with E-state index in [1.165, 1.54) is 0 Å². The van der Waals surface area contributed by atoms with Crippen LogP contribution in [0, 0.1) is 0 Å². The summed E-state index contributed by atoms with van der Waals surface area (Å²) >= 11 is 0. The molecule has 0 aromatic heterocycles. The van der Waals surface area contributed by atoms with Gasteiger partial charge in [-0.1, -0.05) is 67.7 Å². The van der Waals surface area contributed by atoms with Crippen LogP contribution in [0.5, 0.6) is 0 Å². The van der Waals surface area contributed by atoms with Gasteiger partial charge in [0.05, 0.1) is 21.1 Å². The summed E-state index contributed by atoms with van der Waals surface area (Å²) in [5, 5.41) is 10.9. The quantitative estimate of drug-likeness (QED) is 0.102.